The fourth-order valence-corrected chi connectivity index (χ4v) is 7.08. The molecule has 6 aromatic rings. The Labute approximate surface area is 323 Å². The highest BCUT2D eigenvalue weighted by Gasteiger charge is 2.40. The van der Waals surface area contributed by atoms with Crippen LogP contribution in [0.15, 0.2) is 49.1 Å². The first-order chi connectivity index (χ1) is 26.8. The molecule has 0 radical (unpaired) electrons. The SMILES string of the molecule is Cc1ncc(-c2cc(C(F)(F)F)nn2CC(C)(C)NC(=O)[C@@H](Cc2cnn(C(F)F)c2)N2CCc3c(-c4nc5c(Cl)nn(C)c5cc4F)ccc(F)c3C2=O)cn1. The Morgan fingerprint density at radius 3 is 2.42 bits per heavy atom. The molecule has 1 N–H and O–H groups in total. The Bertz CT molecular complexity index is 2530. The molecule has 1 aliphatic rings. The van der Waals surface area contributed by atoms with Crippen LogP contribution >= 0.6 is 11.6 Å². The van der Waals surface area contributed by atoms with Crippen LogP contribution in [0.5, 0.6) is 0 Å². The average molecular weight is 818 g/mol. The maximum Gasteiger partial charge on any atom is 0.435 e. The van der Waals surface area contributed by atoms with E-state index in [1.807, 2.05) is 0 Å². The number of aryl methyl sites for hydroxylation is 2. The molecular weight excluding hydrogens is 787 g/mol. The van der Waals surface area contributed by atoms with E-state index in [0.717, 1.165) is 40.2 Å². The predicted molar refractivity (Wildman–Crippen MR) is 190 cm³/mol. The van der Waals surface area contributed by atoms with Crippen molar-refractivity contribution in [1.29, 1.82) is 0 Å². The summed E-state index contributed by atoms with van der Waals surface area (Å²) in [5.41, 5.74) is -2.22. The first kappa shape index (κ1) is 39.3. The van der Waals surface area contributed by atoms with Gasteiger partial charge in [-0.15, -0.1) is 0 Å². The summed E-state index contributed by atoms with van der Waals surface area (Å²) in [5.74, 6) is -3.19. The molecule has 0 saturated heterocycles. The van der Waals surface area contributed by atoms with Gasteiger partial charge in [-0.1, -0.05) is 11.6 Å². The zero-order valence-corrected chi connectivity index (χ0v) is 31.2. The van der Waals surface area contributed by atoms with Crippen LogP contribution in [0.2, 0.25) is 5.15 Å². The number of hydrogen-bond donors (Lipinski definition) is 1. The number of alkyl halides is 5. The van der Waals surface area contributed by atoms with Gasteiger partial charge in [0, 0.05) is 55.8 Å². The second-order valence-electron chi connectivity index (χ2n) is 14.1. The van der Waals surface area contributed by atoms with E-state index in [4.69, 9.17) is 11.6 Å². The van der Waals surface area contributed by atoms with Gasteiger partial charge in [0.25, 0.3) is 5.91 Å². The third kappa shape index (κ3) is 7.64. The molecule has 0 unspecified atom stereocenters. The number of fused-ring (bicyclic) bond motifs is 2. The molecule has 1 aliphatic heterocycles. The molecule has 57 heavy (non-hydrogen) atoms. The molecular formula is C36H31ClF7N11O2. The van der Waals surface area contributed by atoms with Crippen LogP contribution in [0.4, 0.5) is 30.7 Å². The summed E-state index contributed by atoms with van der Waals surface area (Å²) < 4.78 is 102. The van der Waals surface area contributed by atoms with E-state index in [9.17, 15) is 31.5 Å². The Morgan fingerprint density at radius 2 is 1.75 bits per heavy atom. The Kier molecular flexibility index (Phi) is 10.0. The van der Waals surface area contributed by atoms with Gasteiger partial charge in [-0.05, 0) is 56.5 Å². The van der Waals surface area contributed by atoms with Gasteiger partial charge in [-0.2, -0.15) is 37.2 Å². The second kappa shape index (κ2) is 14.5. The van der Waals surface area contributed by atoms with E-state index in [1.165, 1.54) is 37.0 Å². The number of pyridine rings is 1. The van der Waals surface area contributed by atoms with Crippen LogP contribution in [0.25, 0.3) is 33.5 Å². The van der Waals surface area contributed by atoms with E-state index >= 15 is 8.78 Å². The fourth-order valence-electron chi connectivity index (χ4n) is 6.83. The van der Waals surface area contributed by atoms with Gasteiger partial charge < -0.3 is 10.2 Å². The molecule has 0 saturated carbocycles. The minimum atomic E-state index is -4.81. The van der Waals surface area contributed by atoms with Gasteiger partial charge >= 0.3 is 12.7 Å². The third-order valence-corrected chi connectivity index (χ3v) is 9.70. The molecule has 6 heterocycles. The molecule has 21 heteroatoms. The van der Waals surface area contributed by atoms with Crippen LogP contribution in [-0.4, -0.2) is 79.1 Å². The average Bonchev–Trinajstić information content (AvgIpc) is 3.85. The molecule has 298 valence electrons. The van der Waals surface area contributed by atoms with Crippen LogP contribution in [-0.2, 0) is 37.4 Å². The van der Waals surface area contributed by atoms with Crippen molar-refractivity contribution in [1.82, 2.24) is 54.5 Å². The van der Waals surface area contributed by atoms with Crippen LogP contribution < -0.4 is 5.32 Å². The lowest BCUT2D eigenvalue weighted by molar-refractivity contribution is -0.141. The highest BCUT2D eigenvalue weighted by Crippen LogP contribution is 2.36. The molecule has 0 fully saturated rings. The highest BCUT2D eigenvalue weighted by molar-refractivity contribution is 6.33. The number of carbonyl (C=O) groups is 2. The standard InChI is InChI=1S/C36H31ClF7N11O2/c1-17-45-13-19(14-46-17)24-11-27(36(42,43)44)50-55(24)16-35(2,3)49-32(56)26(9-18-12-47-54(15-18)34(40)41)53-8-7-20-21(5-6-22(38)28(20)33(53)57)29-23(39)10-25-30(48-29)31(37)51-52(25)4/h5-6,10-15,26,34H,7-9,16H2,1-4H3,(H,49,56)/t26-/m1/s1. The van der Waals surface area contributed by atoms with Crippen molar-refractivity contribution in [3.05, 3.63) is 94.0 Å². The number of rotatable bonds is 10. The minimum Gasteiger partial charge on any atom is -0.348 e. The summed E-state index contributed by atoms with van der Waals surface area (Å²) in [5, 5.41) is 14.2. The van der Waals surface area contributed by atoms with Crippen molar-refractivity contribution in [3.63, 3.8) is 0 Å². The lowest BCUT2D eigenvalue weighted by atomic mass is 9.90. The smallest absolute Gasteiger partial charge is 0.348 e. The van der Waals surface area contributed by atoms with E-state index in [-0.39, 0.29) is 70.2 Å². The zero-order chi connectivity index (χ0) is 41.1. The van der Waals surface area contributed by atoms with Crippen molar-refractivity contribution in [3.8, 4) is 22.5 Å². The van der Waals surface area contributed by atoms with Crippen LogP contribution in [0.3, 0.4) is 0 Å². The van der Waals surface area contributed by atoms with Gasteiger partial charge in [-0.25, -0.2) is 28.4 Å². The van der Waals surface area contributed by atoms with Crippen LogP contribution in [0.1, 0.15) is 53.4 Å². The van der Waals surface area contributed by atoms with Crippen molar-refractivity contribution >= 4 is 34.4 Å². The summed E-state index contributed by atoms with van der Waals surface area (Å²) in [6, 6.07) is 2.76. The second-order valence-corrected chi connectivity index (χ2v) is 14.4. The number of carbonyl (C=O) groups excluding carboxylic acids is 2. The number of hydrogen-bond acceptors (Lipinski definition) is 8. The number of nitrogens with zero attached hydrogens (tertiary/aromatic N) is 10. The molecule has 13 nitrogen and oxygen atoms in total. The highest BCUT2D eigenvalue weighted by atomic mass is 35.5. The summed E-state index contributed by atoms with van der Waals surface area (Å²) in [6.07, 6.45) is -0.527. The van der Waals surface area contributed by atoms with E-state index in [1.54, 1.807) is 14.0 Å². The number of benzene rings is 1. The maximum absolute atomic E-state index is 15.7. The molecule has 0 bridgehead atoms. The number of aromatic nitrogens is 9. The number of nitrogens with one attached hydrogen (secondary N) is 1. The first-order valence-corrected chi connectivity index (χ1v) is 17.6. The maximum atomic E-state index is 15.7. The zero-order valence-electron chi connectivity index (χ0n) is 30.4. The minimum absolute atomic E-state index is 0.00517. The van der Waals surface area contributed by atoms with E-state index < -0.39 is 59.0 Å². The topological polar surface area (TPSA) is 142 Å². The predicted octanol–water partition coefficient (Wildman–Crippen LogP) is 6.34. The number of amides is 2. The Hall–Kier alpha value is -5.92. The van der Waals surface area contributed by atoms with Crippen molar-refractivity contribution in [2.45, 2.75) is 64.5 Å². The summed E-state index contributed by atoms with van der Waals surface area (Å²) in [4.78, 5) is 42.1. The van der Waals surface area contributed by atoms with Crippen molar-refractivity contribution in [2.24, 2.45) is 7.05 Å². The lowest BCUT2D eigenvalue weighted by Gasteiger charge is -2.37. The summed E-state index contributed by atoms with van der Waals surface area (Å²) in [7, 11) is 1.55. The monoisotopic (exact) mass is 817 g/mol. The summed E-state index contributed by atoms with van der Waals surface area (Å²) in [6.45, 7) is 1.06. The van der Waals surface area contributed by atoms with Gasteiger partial charge in [0.15, 0.2) is 16.7 Å². The van der Waals surface area contributed by atoms with Crippen molar-refractivity contribution in [2.75, 3.05) is 6.54 Å². The molecule has 1 aromatic carbocycles. The van der Waals surface area contributed by atoms with Gasteiger partial charge in [-0.3, -0.25) is 19.0 Å². The van der Waals surface area contributed by atoms with Gasteiger partial charge in [0.05, 0.1) is 35.1 Å². The van der Waals surface area contributed by atoms with E-state index in [2.05, 4.69) is 35.6 Å². The number of halogens is 8. The van der Waals surface area contributed by atoms with E-state index in [0.29, 0.717) is 16.0 Å². The fraction of sp³-hybridized carbons (Fsp3) is 0.333. The quantitative estimate of drug-likeness (QED) is 0.158. The largest absolute Gasteiger partial charge is 0.435 e. The molecule has 5 aromatic heterocycles. The van der Waals surface area contributed by atoms with Gasteiger partial charge in [0.1, 0.15) is 28.9 Å². The first-order valence-electron chi connectivity index (χ1n) is 17.2. The van der Waals surface area contributed by atoms with Gasteiger partial charge in [0.2, 0.25) is 5.91 Å². The molecule has 0 aliphatic carbocycles. The molecule has 7 rings (SSSR count). The normalized spacial score (nSPS) is 14.1. The summed E-state index contributed by atoms with van der Waals surface area (Å²) >= 11 is 6.22. The van der Waals surface area contributed by atoms with Crippen molar-refractivity contribution < 1.29 is 40.3 Å². The Morgan fingerprint density at radius 1 is 1.04 bits per heavy atom. The molecule has 0 spiro atoms. The molecule has 2 amide bonds. The lowest BCUT2D eigenvalue weighted by Crippen LogP contribution is -2.58. The third-order valence-electron chi connectivity index (χ3n) is 9.45. The van der Waals surface area contributed by atoms with Crippen LogP contribution in [0, 0.1) is 18.6 Å². The Balaban J connectivity index is 1.23. The molecule has 1 atom stereocenters.